The molecule has 2 heterocycles. The lowest BCUT2D eigenvalue weighted by atomic mass is 9.76. The first kappa shape index (κ1) is 40.8. The van der Waals surface area contributed by atoms with Crippen molar-refractivity contribution in [2.75, 3.05) is 0 Å². The summed E-state index contributed by atoms with van der Waals surface area (Å²) in [5, 5.41) is 11.2. The molecule has 310 valence electrons. The van der Waals surface area contributed by atoms with Gasteiger partial charge < -0.3 is 0 Å². The monoisotopic (exact) mass is 842 g/mol. The second-order valence-electron chi connectivity index (χ2n) is 21.8. The van der Waals surface area contributed by atoms with Crippen molar-refractivity contribution < 1.29 is 0 Å². The molecule has 2 heteroatoms. The van der Waals surface area contributed by atoms with Crippen molar-refractivity contribution >= 4 is 75.2 Å². The zero-order valence-corrected chi connectivity index (χ0v) is 40.2. The lowest BCUT2D eigenvalue weighted by Gasteiger charge is -2.28. The summed E-state index contributed by atoms with van der Waals surface area (Å²) >= 11 is 4.05. The number of benzene rings is 8. The van der Waals surface area contributed by atoms with Gasteiger partial charge in [-0.15, -0.1) is 22.7 Å². The van der Waals surface area contributed by atoms with Crippen LogP contribution in [0, 0.1) is 0 Å². The standard InChI is InChI=1S/C60H58S2/c1-57(2,3)47-33-45-52-42(32-44-50(56(60(10,11)12)61-53(44)45)40-29-25-38(26-30-40)36-21-17-14-18-22-36)48(58(4,5)6)34-46-51(52)41(47)31-43-49(55(59(7,8)9)62-54(43)46)39-27-23-37(24-28-39)35-19-15-13-16-20-35/h13-34H,1-12H3. The van der Waals surface area contributed by atoms with Gasteiger partial charge in [-0.1, -0.05) is 192 Å². The van der Waals surface area contributed by atoms with Crippen molar-refractivity contribution in [3.8, 4) is 44.5 Å². The lowest BCUT2D eigenvalue weighted by molar-refractivity contribution is 0.595. The number of hydrogen-bond donors (Lipinski definition) is 0. The Morgan fingerprint density at radius 1 is 0.290 bits per heavy atom. The molecule has 0 atom stereocenters. The molecule has 0 radical (unpaired) electrons. The third kappa shape index (κ3) is 6.60. The molecule has 10 rings (SSSR count). The van der Waals surface area contributed by atoms with Gasteiger partial charge in [0.2, 0.25) is 0 Å². The quantitative estimate of drug-likeness (QED) is 0.155. The normalized spacial score (nSPS) is 13.2. The largest absolute Gasteiger partial charge is 0.138 e. The van der Waals surface area contributed by atoms with Gasteiger partial charge in [0.1, 0.15) is 0 Å². The van der Waals surface area contributed by atoms with Gasteiger partial charge in [-0.25, -0.2) is 0 Å². The molecule has 0 saturated carbocycles. The molecule has 0 saturated heterocycles. The molecule has 0 aliphatic rings. The van der Waals surface area contributed by atoms with Crippen LogP contribution in [0.3, 0.4) is 0 Å². The van der Waals surface area contributed by atoms with Gasteiger partial charge in [-0.2, -0.15) is 0 Å². The van der Waals surface area contributed by atoms with E-state index in [1.807, 2.05) is 22.7 Å². The molecule has 0 N–H and O–H groups in total. The minimum Gasteiger partial charge on any atom is -0.138 e. The maximum Gasteiger partial charge on any atom is 0.0431 e. The van der Waals surface area contributed by atoms with Crippen LogP contribution in [0.1, 0.15) is 104 Å². The van der Waals surface area contributed by atoms with E-state index in [9.17, 15) is 0 Å². The van der Waals surface area contributed by atoms with E-state index in [4.69, 9.17) is 0 Å². The SMILES string of the molecule is CC(C)(C)c1sc2c(cc3c(C(C)(C)C)cc4c5sc(C(C)(C)C)c(-c6ccc(-c7ccccc7)cc6)c5cc5c(C(C)(C)C)cc2c3c54)c1-c1ccc(-c2ccccc2)cc1. The van der Waals surface area contributed by atoms with Gasteiger partial charge in [0.25, 0.3) is 0 Å². The molecule has 0 nitrogen and oxygen atoms in total. The highest BCUT2D eigenvalue weighted by Crippen LogP contribution is 2.56. The van der Waals surface area contributed by atoms with Crippen molar-refractivity contribution in [3.63, 3.8) is 0 Å². The van der Waals surface area contributed by atoms with Crippen LogP contribution in [0.2, 0.25) is 0 Å². The van der Waals surface area contributed by atoms with E-state index in [0.29, 0.717) is 0 Å². The van der Waals surface area contributed by atoms with E-state index in [2.05, 4.69) is 217 Å². The molecular weight excluding hydrogens is 785 g/mol. The highest BCUT2D eigenvalue weighted by atomic mass is 32.1. The Bertz CT molecular complexity index is 3080. The Morgan fingerprint density at radius 2 is 0.597 bits per heavy atom. The average molecular weight is 843 g/mol. The Balaban J connectivity index is 1.33. The van der Waals surface area contributed by atoms with E-state index in [-0.39, 0.29) is 21.7 Å². The van der Waals surface area contributed by atoms with Crippen LogP contribution in [0.5, 0.6) is 0 Å². The number of thiophene rings is 2. The van der Waals surface area contributed by atoms with Crippen molar-refractivity contribution in [1.82, 2.24) is 0 Å². The highest BCUT2D eigenvalue weighted by molar-refractivity contribution is 7.21. The van der Waals surface area contributed by atoms with Crippen LogP contribution >= 0.6 is 22.7 Å². The predicted octanol–water partition coefficient (Wildman–Crippen LogP) is 18.9. The van der Waals surface area contributed by atoms with E-state index in [1.54, 1.807) is 0 Å². The zero-order valence-electron chi connectivity index (χ0n) is 38.5. The van der Waals surface area contributed by atoms with Gasteiger partial charge in [-0.3, -0.25) is 0 Å². The number of hydrogen-bond acceptors (Lipinski definition) is 2. The molecule has 10 aromatic rings. The second kappa shape index (κ2) is 14.1. The molecule has 0 aliphatic heterocycles. The van der Waals surface area contributed by atoms with Gasteiger partial charge in [-0.05, 0) is 112 Å². The van der Waals surface area contributed by atoms with E-state index in [1.165, 1.54) is 118 Å². The molecular formula is C60H58S2. The first-order valence-corrected chi connectivity index (χ1v) is 24.0. The summed E-state index contributed by atoms with van der Waals surface area (Å²) in [7, 11) is 0. The maximum absolute atomic E-state index is 2.61. The van der Waals surface area contributed by atoms with Gasteiger partial charge in [0.15, 0.2) is 0 Å². The smallest absolute Gasteiger partial charge is 0.0431 e. The van der Waals surface area contributed by atoms with E-state index >= 15 is 0 Å². The zero-order chi connectivity index (χ0) is 43.7. The maximum atomic E-state index is 2.61. The predicted molar refractivity (Wildman–Crippen MR) is 277 cm³/mol. The summed E-state index contributed by atoms with van der Waals surface area (Å²) in [6.07, 6.45) is 0. The van der Waals surface area contributed by atoms with Crippen LogP contribution in [-0.2, 0) is 21.7 Å². The fraction of sp³-hybridized carbons (Fsp3) is 0.267. The summed E-state index contributed by atoms with van der Waals surface area (Å²) in [6.45, 7) is 28.8. The summed E-state index contributed by atoms with van der Waals surface area (Å²) in [5.41, 5.74) is 12.9. The molecule has 0 spiro atoms. The molecule has 62 heavy (non-hydrogen) atoms. The van der Waals surface area contributed by atoms with Crippen molar-refractivity contribution in [1.29, 1.82) is 0 Å². The summed E-state index contributed by atoms with van der Waals surface area (Å²) in [4.78, 5) is 2.89. The fourth-order valence-corrected chi connectivity index (χ4v) is 12.8. The summed E-state index contributed by atoms with van der Waals surface area (Å²) in [5.74, 6) is 0. The Kier molecular flexibility index (Phi) is 9.28. The van der Waals surface area contributed by atoms with Crippen molar-refractivity contribution in [2.45, 2.75) is 105 Å². The molecule has 0 amide bonds. The molecule has 0 aliphatic carbocycles. The van der Waals surface area contributed by atoms with Gasteiger partial charge >= 0.3 is 0 Å². The Morgan fingerprint density at radius 3 is 0.903 bits per heavy atom. The second-order valence-corrected chi connectivity index (χ2v) is 23.8. The van der Waals surface area contributed by atoms with Crippen LogP contribution in [0.15, 0.2) is 133 Å². The minimum atomic E-state index is -0.0872. The van der Waals surface area contributed by atoms with Crippen LogP contribution in [-0.4, -0.2) is 0 Å². The highest BCUT2D eigenvalue weighted by Gasteiger charge is 2.32. The molecule has 0 unspecified atom stereocenters. The number of rotatable bonds is 4. The summed E-state index contributed by atoms with van der Waals surface area (Å²) < 4.78 is 2.82. The van der Waals surface area contributed by atoms with Crippen LogP contribution < -0.4 is 0 Å². The van der Waals surface area contributed by atoms with Gasteiger partial charge in [0, 0.05) is 51.8 Å². The fourth-order valence-electron chi connectivity index (χ4n) is 9.99. The van der Waals surface area contributed by atoms with E-state index < -0.39 is 0 Å². The molecule has 0 bridgehead atoms. The van der Waals surface area contributed by atoms with Gasteiger partial charge in [0.05, 0.1) is 0 Å². The first-order chi connectivity index (χ1) is 29.3. The van der Waals surface area contributed by atoms with Crippen molar-refractivity contribution in [3.05, 3.63) is 154 Å². The average Bonchev–Trinajstić information content (AvgIpc) is 3.82. The Hall–Kier alpha value is -5.28. The first-order valence-electron chi connectivity index (χ1n) is 22.3. The molecule has 2 aromatic heterocycles. The third-order valence-electron chi connectivity index (χ3n) is 13.0. The lowest BCUT2D eigenvalue weighted by Crippen LogP contribution is -2.14. The Labute approximate surface area is 376 Å². The third-order valence-corrected chi connectivity index (χ3v) is 16.3. The van der Waals surface area contributed by atoms with Crippen molar-refractivity contribution in [2.24, 2.45) is 0 Å². The topological polar surface area (TPSA) is 0 Å². The molecule has 0 fully saturated rings. The van der Waals surface area contributed by atoms with E-state index in [0.717, 1.165) is 0 Å². The summed E-state index contributed by atoms with van der Waals surface area (Å²) in [6, 6.07) is 50.6. The van der Waals surface area contributed by atoms with Crippen LogP contribution in [0.25, 0.3) is 97.0 Å². The van der Waals surface area contributed by atoms with Crippen LogP contribution in [0.4, 0.5) is 0 Å². The minimum absolute atomic E-state index is 0.0382. The molecule has 8 aromatic carbocycles. The number of fused-ring (bicyclic) bond motifs is 4.